The van der Waals surface area contributed by atoms with Crippen molar-refractivity contribution >= 4 is 10.0 Å². The predicted octanol–water partition coefficient (Wildman–Crippen LogP) is 2.18. The zero-order valence-corrected chi connectivity index (χ0v) is 11.7. The second-order valence-corrected chi connectivity index (χ2v) is 6.13. The maximum Gasteiger partial charge on any atom is 0.241 e. The van der Waals surface area contributed by atoms with Crippen molar-refractivity contribution in [3.63, 3.8) is 0 Å². The molecule has 0 radical (unpaired) electrons. The van der Waals surface area contributed by atoms with E-state index in [0.717, 1.165) is 16.7 Å². The summed E-state index contributed by atoms with van der Waals surface area (Å²) in [6, 6.07) is 8.78. The van der Waals surface area contributed by atoms with E-state index >= 15 is 0 Å². The third kappa shape index (κ3) is 3.19. The molecule has 4 nitrogen and oxygen atoms in total. The molecule has 0 aliphatic heterocycles. The van der Waals surface area contributed by atoms with E-state index in [4.69, 9.17) is 0 Å². The van der Waals surface area contributed by atoms with Crippen LogP contribution in [-0.2, 0) is 16.6 Å². The first-order valence-corrected chi connectivity index (χ1v) is 7.44. The topological polar surface area (TPSA) is 59.1 Å². The second kappa shape index (κ2) is 5.50. The van der Waals surface area contributed by atoms with Crippen molar-refractivity contribution in [2.75, 3.05) is 0 Å². The molecule has 19 heavy (non-hydrogen) atoms. The van der Waals surface area contributed by atoms with Gasteiger partial charge >= 0.3 is 0 Å². The molecule has 0 aliphatic carbocycles. The van der Waals surface area contributed by atoms with E-state index < -0.39 is 10.0 Å². The van der Waals surface area contributed by atoms with Gasteiger partial charge in [0, 0.05) is 18.9 Å². The van der Waals surface area contributed by atoms with Crippen molar-refractivity contribution in [1.82, 2.24) is 9.71 Å². The van der Waals surface area contributed by atoms with Gasteiger partial charge in [-0.1, -0.05) is 18.2 Å². The van der Waals surface area contributed by atoms with Crippen LogP contribution in [0, 0.1) is 13.8 Å². The average molecular weight is 276 g/mol. The Morgan fingerprint density at radius 1 is 1.11 bits per heavy atom. The second-order valence-electron chi connectivity index (χ2n) is 4.39. The van der Waals surface area contributed by atoms with Crippen LogP contribution in [0.15, 0.2) is 47.6 Å². The van der Waals surface area contributed by atoms with Crippen LogP contribution >= 0.6 is 0 Å². The minimum absolute atomic E-state index is 0.246. The molecule has 1 aromatic carbocycles. The van der Waals surface area contributed by atoms with Crippen LogP contribution in [-0.4, -0.2) is 13.4 Å². The van der Waals surface area contributed by atoms with E-state index in [9.17, 15) is 8.42 Å². The number of benzene rings is 1. The highest BCUT2D eigenvalue weighted by atomic mass is 32.2. The fraction of sp³-hybridized carbons (Fsp3) is 0.214. The minimum Gasteiger partial charge on any atom is -0.264 e. The molecule has 0 fully saturated rings. The van der Waals surface area contributed by atoms with Gasteiger partial charge in [0.25, 0.3) is 0 Å². The SMILES string of the molecule is Cc1ccncc1CNS(=O)(=O)c1ccccc1C. The minimum atomic E-state index is -3.48. The molecular formula is C14H16N2O2S. The van der Waals surface area contributed by atoms with Gasteiger partial charge in [-0.2, -0.15) is 0 Å². The van der Waals surface area contributed by atoms with E-state index in [2.05, 4.69) is 9.71 Å². The zero-order chi connectivity index (χ0) is 13.9. The molecule has 2 rings (SSSR count). The molecule has 0 saturated heterocycles. The van der Waals surface area contributed by atoms with Crippen LogP contribution in [0.1, 0.15) is 16.7 Å². The molecule has 1 N–H and O–H groups in total. The Morgan fingerprint density at radius 3 is 2.53 bits per heavy atom. The first-order chi connectivity index (χ1) is 9.00. The Hall–Kier alpha value is -1.72. The van der Waals surface area contributed by atoms with E-state index in [0.29, 0.717) is 4.90 Å². The number of pyridine rings is 1. The van der Waals surface area contributed by atoms with Gasteiger partial charge in [0.1, 0.15) is 0 Å². The molecule has 100 valence electrons. The van der Waals surface area contributed by atoms with Gasteiger partial charge in [0.05, 0.1) is 4.90 Å². The van der Waals surface area contributed by atoms with Gasteiger partial charge in [-0.15, -0.1) is 0 Å². The number of hydrogen-bond donors (Lipinski definition) is 1. The Kier molecular flexibility index (Phi) is 3.97. The summed E-state index contributed by atoms with van der Waals surface area (Å²) in [5.74, 6) is 0. The highest BCUT2D eigenvalue weighted by molar-refractivity contribution is 7.89. The molecule has 5 heteroatoms. The number of nitrogens with one attached hydrogen (secondary N) is 1. The van der Waals surface area contributed by atoms with Crippen LogP contribution in [0.25, 0.3) is 0 Å². The maximum absolute atomic E-state index is 12.2. The van der Waals surface area contributed by atoms with Crippen molar-refractivity contribution in [1.29, 1.82) is 0 Å². The van der Waals surface area contributed by atoms with E-state index in [1.54, 1.807) is 37.5 Å². The van der Waals surface area contributed by atoms with Crippen molar-refractivity contribution in [2.45, 2.75) is 25.3 Å². The lowest BCUT2D eigenvalue weighted by Crippen LogP contribution is -2.24. The molecular weight excluding hydrogens is 260 g/mol. The molecule has 2 aromatic rings. The Morgan fingerprint density at radius 2 is 1.84 bits per heavy atom. The van der Waals surface area contributed by atoms with Crippen LogP contribution in [0.3, 0.4) is 0 Å². The predicted molar refractivity (Wildman–Crippen MR) is 74.2 cm³/mol. The van der Waals surface area contributed by atoms with Gasteiger partial charge in [-0.3, -0.25) is 4.98 Å². The summed E-state index contributed by atoms with van der Waals surface area (Å²) in [4.78, 5) is 4.32. The fourth-order valence-corrected chi connectivity index (χ4v) is 3.04. The maximum atomic E-state index is 12.2. The molecule has 1 aromatic heterocycles. The summed E-state index contributed by atoms with van der Waals surface area (Å²) in [5.41, 5.74) is 2.63. The third-order valence-electron chi connectivity index (χ3n) is 2.98. The zero-order valence-electron chi connectivity index (χ0n) is 10.9. The van der Waals surface area contributed by atoms with Crippen molar-refractivity contribution in [3.05, 3.63) is 59.4 Å². The van der Waals surface area contributed by atoms with Crippen molar-refractivity contribution < 1.29 is 8.42 Å². The molecule has 1 heterocycles. The number of aryl methyl sites for hydroxylation is 2. The monoisotopic (exact) mass is 276 g/mol. The van der Waals surface area contributed by atoms with Gasteiger partial charge < -0.3 is 0 Å². The van der Waals surface area contributed by atoms with Gasteiger partial charge in [0.2, 0.25) is 10.0 Å². The Labute approximate surface area is 113 Å². The third-order valence-corrected chi connectivity index (χ3v) is 4.54. The summed E-state index contributed by atoms with van der Waals surface area (Å²) < 4.78 is 27.0. The van der Waals surface area contributed by atoms with Crippen molar-refractivity contribution in [2.24, 2.45) is 0 Å². The largest absolute Gasteiger partial charge is 0.264 e. The lowest BCUT2D eigenvalue weighted by molar-refractivity contribution is 0.580. The average Bonchev–Trinajstić information content (AvgIpc) is 2.38. The van der Waals surface area contributed by atoms with Gasteiger partial charge in [-0.05, 0) is 42.7 Å². The fourth-order valence-electron chi connectivity index (χ4n) is 1.79. The summed E-state index contributed by atoms with van der Waals surface area (Å²) >= 11 is 0. The first kappa shape index (κ1) is 13.7. The summed E-state index contributed by atoms with van der Waals surface area (Å²) in [6.45, 7) is 3.96. The van der Waals surface area contributed by atoms with Crippen molar-refractivity contribution in [3.8, 4) is 0 Å². The molecule has 0 bridgehead atoms. The van der Waals surface area contributed by atoms with E-state index in [-0.39, 0.29) is 6.54 Å². The van der Waals surface area contributed by atoms with Gasteiger partial charge in [0.15, 0.2) is 0 Å². The highest BCUT2D eigenvalue weighted by Crippen LogP contribution is 2.14. The lowest BCUT2D eigenvalue weighted by Gasteiger charge is -2.10. The summed E-state index contributed by atoms with van der Waals surface area (Å²) in [7, 11) is -3.48. The number of aromatic nitrogens is 1. The first-order valence-electron chi connectivity index (χ1n) is 5.95. The quantitative estimate of drug-likeness (QED) is 0.931. The standard InChI is InChI=1S/C14H16N2O2S/c1-11-7-8-15-9-13(11)10-16-19(17,18)14-6-4-3-5-12(14)2/h3-9,16H,10H2,1-2H3. The number of nitrogens with zero attached hydrogens (tertiary/aromatic N) is 1. The summed E-state index contributed by atoms with van der Waals surface area (Å²) in [5, 5.41) is 0. The number of sulfonamides is 1. The van der Waals surface area contributed by atoms with E-state index in [1.807, 2.05) is 19.1 Å². The highest BCUT2D eigenvalue weighted by Gasteiger charge is 2.15. The number of rotatable bonds is 4. The van der Waals surface area contributed by atoms with Crippen LogP contribution < -0.4 is 4.72 Å². The molecule has 0 unspecified atom stereocenters. The molecule has 0 spiro atoms. The Bertz CT molecular complexity index is 681. The smallest absolute Gasteiger partial charge is 0.241 e. The molecule has 0 saturated carbocycles. The van der Waals surface area contributed by atoms with E-state index in [1.165, 1.54) is 0 Å². The van der Waals surface area contributed by atoms with Gasteiger partial charge in [-0.25, -0.2) is 13.1 Å². The van der Waals surface area contributed by atoms with Crippen LogP contribution in [0.4, 0.5) is 0 Å². The lowest BCUT2D eigenvalue weighted by atomic mass is 10.2. The molecule has 0 aliphatic rings. The molecule has 0 amide bonds. The Balaban J connectivity index is 2.20. The van der Waals surface area contributed by atoms with Crippen LogP contribution in [0.5, 0.6) is 0 Å². The van der Waals surface area contributed by atoms with Crippen LogP contribution in [0.2, 0.25) is 0 Å². The number of hydrogen-bond acceptors (Lipinski definition) is 3. The molecule has 0 atom stereocenters. The summed E-state index contributed by atoms with van der Waals surface area (Å²) in [6.07, 6.45) is 3.37. The normalized spacial score (nSPS) is 11.5.